The Balaban J connectivity index is 1.79. The largest absolute Gasteiger partial charge is 0.490 e. The van der Waals surface area contributed by atoms with Crippen LogP contribution < -0.4 is 20.1 Å². The second-order valence-electron chi connectivity index (χ2n) is 10.8. The number of hydrogen-bond donors (Lipinski definition) is 2. The summed E-state index contributed by atoms with van der Waals surface area (Å²) in [7, 11) is 0. The van der Waals surface area contributed by atoms with E-state index in [1.54, 1.807) is 4.90 Å². The first kappa shape index (κ1) is 30.1. The molecule has 0 fully saturated rings. The molecule has 39 heavy (non-hydrogen) atoms. The normalized spacial score (nSPS) is 13.5. The molecular weight excluding hydrogens is 498 g/mol. The molecule has 1 aliphatic rings. The number of carbonyl (C=O) groups is 2. The number of benzene rings is 2. The predicted octanol–water partition coefficient (Wildman–Crippen LogP) is 4.18. The van der Waals surface area contributed by atoms with Gasteiger partial charge in [0.25, 0.3) is 5.91 Å². The molecule has 2 aromatic carbocycles. The summed E-state index contributed by atoms with van der Waals surface area (Å²) in [6, 6.07) is 11.1. The summed E-state index contributed by atoms with van der Waals surface area (Å²) in [6.45, 7) is 12.0. The van der Waals surface area contributed by atoms with Crippen molar-refractivity contribution in [2.75, 3.05) is 44.4 Å². The van der Waals surface area contributed by atoms with Crippen molar-refractivity contribution in [3.8, 4) is 11.5 Å². The smallest absolute Gasteiger partial charge is 0.410 e. The van der Waals surface area contributed by atoms with E-state index in [0.29, 0.717) is 49.6 Å². The number of rotatable bonds is 13. The number of para-hydroxylation sites is 2. The lowest BCUT2D eigenvalue weighted by atomic mass is 9.97. The van der Waals surface area contributed by atoms with Gasteiger partial charge in [-0.2, -0.15) is 0 Å². The summed E-state index contributed by atoms with van der Waals surface area (Å²) in [5.41, 5.74) is 8.46. The maximum absolute atomic E-state index is 13.2. The van der Waals surface area contributed by atoms with Crippen LogP contribution in [-0.4, -0.2) is 73.1 Å². The predicted molar refractivity (Wildman–Crippen MR) is 152 cm³/mol. The number of anilines is 1. The van der Waals surface area contributed by atoms with Crippen LogP contribution in [0.1, 0.15) is 62.5 Å². The van der Waals surface area contributed by atoms with Gasteiger partial charge >= 0.3 is 6.09 Å². The zero-order valence-corrected chi connectivity index (χ0v) is 23.9. The average molecular weight is 542 g/mol. The third-order valence-electron chi connectivity index (χ3n) is 6.50. The van der Waals surface area contributed by atoms with Gasteiger partial charge in [0.2, 0.25) is 0 Å². The number of nitrogens with two attached hydrogens (primary N) is 1. The Morgan fingerprint density at radius 3 is 2.46 bits per heavy atom. The first-order valence-electron chi connectivity index (χ1n) is 13.7. The van der Waals surface area contributed by atoms with Gasteiger partial charge in [-0.05, 0) is 83.2 Å². The maximum atomic E-state index is 13.2. The van der Waals surface area contributed by atoms with Crippen LogP contribution in [0.4, 0.5) is 10.5 Å². The van der Waals surface area contributed by atoms with Crippen LogP contribution in [0.25, 0.3) is 0 Å². The molecule has 3 rings (SSSR count). The van der Waals surface area contributed by atoms with Gasteiger partial charge in [-0.25, -0.2) is 4.79 Å². The van der Waals surface area contributed by atoms with Crippen LogP contribution in [0, 0.1) is 0 Å². The number of primary amides is 1. The fraction of sp³-hybridized carbons (Fsp3) is 0.533. The quantitative estimate of drug-likeness (QED) is 0.391. The molecule has 0 bridgehead atoms. The molecule has 2 aromatic rings. The molecule has 3 N–H and O–H groups in total. The number of aliphatic hydroxyl groups excluding tert-OH is 1. The van der Waals surface area contributed by atoms with Crippen LogP contribution >= 0.6 is 0 Å². The van der Waals surface area contributed by atoms with Gasteiger partial charge in [-0.1, -0.05) is 18.2 Å². The summed E-state index contributed by atoms with van der Waals surface area (Å²) >= 11 is 0. The lowest BCUT2D eigenvalue weighted by Gasteiger charge is -2.32. The van der Waals surface area contributed by atoms with Crippen molar-refractivity contribution in [3.63, 3.8) is 0 Å². The van der Waals surface area contributed by atoms with Gasteiger partial charge in [0, 0.05) is 25.7 Å². The molecule has 2 amide bonds. The number of aliphatic hydroxyl groups is 1. The molecule has 0 radical (unpaired) electrons. The number of amides is 2. The minimum atomic E-state index is -0.651. The van der Waals surface area contributed by atoms with Crippen LogP contribution in [0.5, 0.6) is 11.5 Å². The van der Waals surface area contributed by atoms with Crippen LogP contribution in [0.3, 0.4) is 0 Å². The Hall–Kier alpha value is -3.46. The highest BCUT2D eigenvalue weighted by atomic mass is 16.6. The monoisotopic (exact) mass is 541 g/mol. The zero-order chi connectivity index (χ0) is 28.6. The number of carbonyl (C=O) groups excluding carboxylic acids is 2. The fourth-order valence-electron chi connectivity index (χ4n) is 4.84. The summed E-state index contributed by atoms with van der Waals surface area (Å²) < 4.78 is 17.4. The topological polar surface area (TPSA) is 115 Å². The van der Waals surface area contributed by atoms with Gasteiger partial charge < -0.3 is 34.9 Å². The minimum Gasteiger partial charge on any atom is -0.490 e. The summed E-state index contributed by atoms with van der Waals surface area (Å²) in [5, 5.41) is 9.25. The zero-order valence-electron chi connectivity index (χ0n) is 23.9. The van der Waals surface area contributed by atoms with E-state index in [2.05, 4.69) is 11.0 Å². The lowest BCUT2D eigenvalue weighted by Crippen LogP contribution is -2.45. The number of ether oxygens (including phenoxy) is 3. The van der Waals surface area contributed by atoms with Crippen molar-refractivity contribution in [3.05, 3.63) is 53.1 Å². The van der Waals surface area contributed by atoms with Crippen molar-refractivity contribution in [1.29, 1.82) is 0 Å². The average Bonchev–Trinajstić information content (AvgIpc) is 3.27. The molecule has 1 atom stereocenters. The van der Waals surface area contributed by atoms with Crippen molar-refractivity contribution >= 4 is 17.7 Å². The minimum absolute atomic E-state index is 0.0920. The van der Waals surface area contributed by atoms with Crippen LogP contribution in [0.2, 0.25) is 0 Å². The molecule has 0 aromatic heterocycles. The summed E-state index contributed by atoms with van der Waals surface area (Å²) in [5.74, 6) is 0.788. The van der Waals surface area contributed by atoms with Gasteiger partial charge in [0.1, 0.15) is 12.2 Å². The summed E-state index contributed by atoms with van der Waals surface area (Å²) in [4.78, 5) is 29.4. The molecule has 214 valence electrons. The lowest BCUT2D eigenvalue weighted by molar-refractivity contribution is 0.0148. The van der Waals surface area contributed by atoms with Gasteiger partial charge in [-0.3, -0.25) is 4.79 Å². The molecule has 9 heteroatoms. The van der Waals surface area contributed by atoms with E-state index in [9.17, 15) is 14.7 Å². The van der Waals surface area contributed by atoms with E-state index in [1.165, 1.54) is 0 Å². The van der Waals surface area contributed by atoms with Crippen molar-refractivity contribution in [1.82, 2.24) is 4.90 Å². The molecule has 9 nitrogen and oxygen atoms in total. The van der Waals surface area contributed by atoms with E-state index in [4.69, 9.17) is 19.9 Å². The Kier molecular flexibility index (Phi) is 10.5. The SMILES string of the molecule is CCOc1ccccc1OCCN(C(=O)OC(C)(C)C)[C@H](C)Cc1cc2c(c(C(N)=O)c1)N(CCCO)CC2. The van der Waals surface area contributed by atoms with E-state index in [-0.39, 0.29) is 19.3 Å². The van der Waals surface area contributed by atoms with Crippen molar-refractivity contribution < 1.29 is 28.9 Å². The first-order chi connectivity index (χ1) is 18.5. The molecule has 0 saturated carbocycles. The standard InChI is InChI=1S/C30H43N3O6/c1-6-37-25-10-7-8-11-26(25)38-17-15-33(29(36)39-30(3,4)5)21(2)18-22-19-23-12-14-32(13-9-16-34)27(23)24(20-22)28(31)35/h7-8,10-11,19-21,34H,6,9,12-18H2,1-5H3,(H2,31,35)/t21-/m1/s1. The maximum Gasteiger partial charge on any atom is 0.410 e. The highest BCUT2D eigenvalue weighted by Crippen LogP contribution is 2.34. The van der Waals surface area contributed by atoms with Gasteiger partial charge in [0.15, 0.2) is 11.5 Å². The van der Waals surface area contributed by atoms with Crippen molar-refractivity contribution in [2.45, 2.75) is 65.5 Å². The molecule has 1 heterocycles. The second-order valence-corrected chi connectivity index (χ2v) is 10.8. The fourth-order valence-corrected chi connectivity index (χ4v) is 4.84. The molecular formula is C30H43N3O6. The first-order valence-corrected chi connectivity index (χ1v) is 13.7. The third-order valence-corrected chi connectivity index (χ3v) is 6.50. The number of nitrogens with zero attached hydrogens (tertiary/aromatic N) is 2. The van der Waals surface area contributed by atoms with Gasteiger partial charge in [-0.15, -0.1) is 0 Å². The molecule has 0 spiro atoms. The van der Waals surface area contributed by atoms with E-state index in [1.807, 2.05) is 65.0 Å². The highest BCUT2D eigenvalue weighted by Gasteiger charge is 2.29. The van der Waals surface area contributed by atoms with E-state index < -0.39 is 17.6 Å². The van der Waals surface area contributed by atoms with E-state index in [0.717, 1.165) is 29.8 Å². The van der Waals surface area contributed by atoms with E-state index >= 15 is 0 Å². The second kappa shape index (κ2) is 13.6. The van der Waals surface area contributed by atoms with Crippen LogP contribution in [-0.2, 0) is 17.6 Å². The van der Waals surface area contributed by atoms with Gasteiger partial charge in [0.05, 0.1) is 24.4 Å². The molecule has 0 saturated heterocycles. The van der Waals surface area contributed by atoms with Crippen molar-refractivity contribution in [2.24, 2.45) is 5.73 Å². The van der Waals surface area contributed by atoms with Crippen LogP contribution in [0.15, 0.2) is 36.4 Å². The number of hydrogen-bond acceptors (Lipinski definition) is 7. The Morgan fingerprint density at radius 2 is 1.85 bits per heavy atom. The Labute approximate surface area is 231 Å². The Bertz CT molecular complexity index is 1130. The molecule has 1 aliphatic heterocycles. The molecule has 0 unspecified atom stereocenters. The molecule has 0 aliphatic carbocycles. The summed E-state index contributed by atoms with van der Waals surface area (Å²) in [6.07, 6.45) is 1.51. The Morgan fingerprint density at radius 1 is 1.15 bits per heavy atom. The highest BCUT2D eigenvalue weighted by molar-refractivity contribution is 6.00. The third kappa shape index (κ3) is 8.26. The number of fused-ring (bicyclic) bond motifs is 1.